The largest absolute Gasteiger partial charge is 0.497 e. The van der Waals surface area contributed by atoms with Crippen LogP contribution in [0.1, 0.15) is 19.4 Å². The number of nitrogens with zero attached hydrogens (tertiary/aromatic N) is 2. The molecule has 2 aromatic rings. The first kappa shape index (κ1) is 16.4. The van der Waals surface area contributed by atoms with Crippen molar-refractivity contribution < 1.29 is 9.53 Å². The molecule has 0 saturated heterocycles. The number of rotatable bonds is 4. The standard InChI is InChI=1S/C20H24N2O2/c1-15(2)21-11-12-22(19-10-5-4-9-18(19)21)20(23)14-16-7-6-8-17(13-16)24-3/h4-10,13,15H,11-12,14H2,1-3H3. The average molecular weight is 324 g/mol. The lowest BCUT2D eigenvalue weighted by atomic mass is 10.1. The molecule has 0 fully saturated rings. The molecular formula is C20H24N2O2. The number of hydrogen-bond donors (Lipinski definition) is 0. The molecule has 3 rings (SSSR count). The van der Waals surface area contributed by atoms with Gasteiger partial charge in [-0.3, -0.25) is 4.79 Å². The Morgan fingerprint density at radius 2 is 1.83 bits per heavy atom. The summed E-state index contributed by atoms with van der Waals surface area (Å²) in [5.74, 6) is 0.907. The summed E-state index contributed by atoms with van der Waals surface area (Å²) in [7, 11) is 1.64. The van der Waals surface area contributed by atoms with Crippen molar-refractivity contribution in [3.8, 4) is 5.75 Å². The van der Waals surface area contributed by atoms with Crippen LogP contribution in [0.25, 0.3) is 0 Å². The molecule has 4 nitrogen and oxygen atoms in total. The lowest BCUT2D eigenvalue weighted by molar-refractivity contribution is -0.118. The third-order valence-electron chi connectivity index (χ3n) is 4.46. The van der Waals surface area contributed by atoms with Crippen LogP contribution in [0.15, 0.2) is 48.5 Å². The van der Waals surface area contributed by atoms with Crippen molar-refractivity contribution in [2.75, 3.05) is 30.0 Å². The quantitative estimate of drug-likeness (QED) is 0.863. The Balaban J connectivity index is 1.84. The second-order valence-corrected chi connectivity index (χ2v) is 6.35. The Hall–Kier alpha value is -2.49. The number of hydrogen-bond acceptors (Lipinski definition) is 3. The fourth-order valence-corrected chi connectivity index (χ4v) is 3.23. The number of methoxy groups -OCH3 is 1. The van der Waals surface area contributed by atoms with E-state index in [4.69, 9.17) is 4.74 Å². The van der Waals surface area contributed by atoms with Crippen LogP contribution in [-0.4, -0.2) is 32.1 Å². The Morgan fingerprint density at radius 1 is 1.08 bits per heavy atom. The van der Waals surface area contributed by atoms with Crippen molar-refractivity contribution in [3.05, 3.63) is 54.1 Å². The van der Waals surface area contributed by atoms with Gasteiger partial charge in [0, 0.05) is 19.1 Å². The van der Waals surface area contributed by atoms with Crippen LogP contribution >= 0.6 is 0 Å². The van der Waals surface area contributed by atoms with Crippen LogP contribution in [-0.2, 0) is 11.2 Å². The zero-order valence-corrected chi connectivity index (χ0v) is 14.5. The second-order valence-electron chi connectivity index (χ2n) is 6.35. The van der Waals surface area contributed by atoms with E-state index in [9.17, 15) is 4.79 Å². The van der Waals surface area contributed by atoms with Gasteiger partial charge < -0.3 is 14.5 Å². The molecule has 0 spiro atoms. The minimum atomic E-state index is 0.124. The summed E-state index contributed by atoms with van der Waals surface area (Å²) in [4.78, 5) is 17.1. The third kappa shape index (κ3) is 3.23. The average Bonchev–Trinajstić information content (AvgIpc) is 2.60. The van der Waals surface area contributed by atoms with E-state index in [0.717, 1.165) is 35.8 Å². The van der Waals surface area contributed by atoms with E-state index in [2.05, 4.69) is 24.8 Å². The first-order valence-electron chi connectivity index (χ1n) is 8.39. The molecule has 4 heteroatoms. The smallest absolute Gasteiger partial charge is 0.231 e. The maximum absolute atomic E-state index is 12.9. The molecule has 1 aliphatic rings. The molecule has 0 aliphatic carbocycles. The van der Waals surface area contributed by atoms with Gasteiger partial charge in [0.15, 0.2) is 0 Å². The van der Waals surface area contributed by atoms with Crippen molar-refractivity contribution >= 4 is 17.3 Å². The number of ether oxygens (including phenoxy) is 1. The van der Waals surface area contributed by atoms with Gasteiger partial charge in [-0.25, -0.2) is 0 Å². The molecule has 0 saturated carbocycles. The lowest BCUT2D eigenvalue weighted by Crippen LogP contribution is -2.47. The summed E-state index contributed by atoms with van der Waals surface area (Å²) in [6.45, 7) is 5.95. The Kier molecular flexibility index (Phi) is 4.74. The first-order valence-corrected chi connectivity index (χ1v) is 8.39. The molecule has 0 unspecified atom stereocenters. The highest BCUT2D eigenvalue weighted by molar-refractivity contribution is 5.99. The number of fused-ring (bicyclic) bond motifs is 1. The summed E-state index contributed by atoms with van der Waals surface area (Å²) in [5, 5.41) is 0. The molecule has 0 N–H and O–H groups in total. The van der Waals surface area contributed by atoms with Gasteiger partial charge in [0.25, 0.3) is 0 Å². The highest BCUT2D eigenvalue weighted by atomic mass is 16.5. The van der Waals surface area contributed by atoms with Gasteiger partial charge in [-0.15, -0.1) is 0 Å². The van der Waals surface area contributed by atoms with Crippen LogP contribution in [0.3, 0.4) is 0 Å². The van der Waals surface area contributed by atoms with E-state index < -0.39 is 0 Å². The van der Waals surface area contributed by atoms with Gasteiger partial charge in [0.05, 0.1) is 24.9 Å². The molecular weight excluding hydrogens is 300 g/mol. The fraction of sp³-hybridized carbons (Fsp3) is 0.350. The van der Waals surface area contributed by atoms with Crippen LogP contribution in [0.4, 0.5) is 11.4 Å². The highest BCUT2D eigenvalue weighted by Gasteiger charge is 2.27. The Labute approximate surface area is 143 Å². The normalized spacial score (nSPS) is 13.8. The second kappa shape index (κ2) is 6.95. The van der Waals surface area contributed by atoms with Crippen molar-refractivity contribution in [2.24, 2.45) is 0 Å². The van der Waals surface area contributed by atoms with E-state index in [0.29, 0.717) is 12.5 Å². The predicted octanol–water partition coefficient (Wildman–Crippen LogP) is 3.50. The van der Waals surface area contributed by atoms with E-state index >= 15 is 0 Å². The minimum absolute atomic E-state index is 0.124. The Bertz CT molecular complexity index is 727. The minimum Gasteiger partial charge on any atom is -0.497 e. The summed E-state index contributed by atoms with van der Waals surface area (Å²) in [6.07, 6.45) is 0.382. The number of carbonyl (C=O) groups is 1. The van der Waals surface area contributed by atoms with E-state index in [1.165, 1.54) is 0 Å². The topological polar surface area (TPSA) is 32.8 Å². The van der Waals surface area contributed by atoms with Crippen LogP contribution in [0.2, 0.25) is 0 Å². The van der Waals surface area contributed by atoms with Crippen LogP contribution < -0.4 is 14.5 Å². The molecule has 0 aromatic heterocycles. The number of amides is 1. The SMILES string of the molecule is COc1cccc(CC(=O)N2CCN(C(C)C)c3ccccc32)c1. The summed E-state index contributed by atoms with van der Waals surface area (Å²) >= 11 is 0. The van der Waals surface area contributed by atoms with Crippen LogP contribution in [0, 0.1) is 0 Å². The van der Waals surface area contributed by atoms with Crippen molar-refractivity contribution in [1.82, 2.24) is 0 Å². The molecule has 1 aliphatic heterocycles. The highest BCUT2D eigenvalue weighted by Crippen LogP contribution is 2.34. The molecule has 24 heavy (non-hydrogen) atoms. The number of para-hydroxylation sites is 2. The molecule has 1 amide bonds. The van der Waals surface area contributed by atoms with Gasteiger partial charge in [-0.2, -0.15) is 0 Å². The zero-order chi connectivity index (χ0) is 17.1. The van der Waals surface area contributed by atoms with Crippen LogP contribution in [0.5, 0.6) is 5.75 Å². The number of benzene rings is 2. The Morgan fingerprint density at radius 3 is 2.54 bits per heavy atom. The maximum atomic E-state index is 12.9. The van der Waals surface area contributed by atoms with Gasteiger partial charge in [0.1, 0.15) is 5.75 Å². The summed E-state index contributed by atoms with van der Waals surface area (Å²) in [5.41, 5.74) is 3.12. The molecule has 0 bridgehead atoms. The number of anilines is 2. The molecule has 0 radical (unpaired) electrons. The molecule has 126 valence electrons. The van der Waals surface area contributed by atoms with Gasteiger partial charge in [-0.05, 0) is 43.7 Å². The maximum Gasteiger partial charge on any atom is 0.231 e. The van der Waals surface area contributed by atoms with E-state index in [1.807, 2.05) is 47.4 Å². The number of carbonyl (C=O) groups excluding carboxylic acids is 1. The van der Waals surface area contributed by atoms with Crippen molar-refractivity contribution in [1.29, 1.82) is 0 Å². The van der Waals surface area contributed by atoms with Crippen molar-refractivity contribution in [2.45, 2.75) is 26.3 Å². The summed E-state index contributed by atoms with van der Waals surface area (Å²) in [6, 6.07) is 16.3. The monoisotopic (exact) mass is 324 g/mol. The molecule has 1 heterocycles. The molecule has 0 atom stereocenters. The molecule has 2 aromatic carbocycles. The van der Waals surface area contributed by atoms with Crippen molar-refractivity contribution in [3.63, 3.8) is 0 Å². The zero-order valence-electron chi connectivity index (χ0n) is 14.5. The third-order valence-corrected chi connectivity index (χ3v) is 4.46. The van der Waals surface area contributed by atoms with E-state index in [1.54, 1.807) is 7.11 Å². The van der Waals surface area contributed by atoms with Gasteiger partial charge >= 0.3 is 0 Å². The predicted molar refractivity (Wildman–Crippen MR) is 98.0 cm³/mol. The van der Waals surface area contributed by atoms with Gasteiger partial charge in [-0.1, -0.05) is 24.3 Å². The van der Waals surface area contributed by atoms with Gasteiger partial charge in [0.2, 0.25) is 5.91 Å². The van der Waals surface area contributed by atoms with E-state index in [-0.39, 0.29) is 5.91 Å². The first-order chi connectivity index (χ1) is 11.6. The fourth-order valence-electron chi connectivity index (χ4n) is 3.23. The summed E-state index contributed by atoms with van der Waals surface area (Å²) < 4.78 is 5.25. The lowest BCUT2D eigenvalue weighted by Gasteiger charge is -2.40.